The Morgan fingerprint density at radius 1 is 1.28 bits per heavy atom. The number of carbonyl (C=O) groups excluding carboxylic acids is 1. The maximum absolute atomic E-state index is 11.1. The fraction of sp³-hybridized carbons (Fsp3) is 0.429. The van der Waals surface area contributed by atoms with E-state index in [4.69, 9.17) is 9.15 Å². The van der Waals surface area contributed by atoms with Gasteiger partial charge in [0.1, 0.15) is 29.5 Å². The van der Waals surface area contributed by atoms with E-state index in [1.807, 2.05) is 32.0 Å². The molecule has 0 saturated carbocycles. The van der Waals surface area contributed by atoms with E-state index in [9.17, 15) is 9.90 Å². The molecular weight excluding hydrogens is 372 g/mol. The van der Waals surface area contributed by atoms with E-state index < -0.39 is 5.60 Å². The lowest BCUT2D eigenvalue weighted by atomic mass is 10.0. The van der Waals surface area contributed by atoms with E-state index in [0.29, 0.717) is 42.9 Å². The molecule has 0 aliphatic heterocycles. The second-order valence-electron chi connectivity index (χ2n) is 6.86. The van der Waals surface area contributed by atoms with Gasteiger partial charge in [-0.3, -0.25) is 4.79 Å². The summed E-state index contributed by atoms with van der Waals surface area (Å²) in [6, 6.07) is 10.8. The summed E-state index contributed by atoms with van der Waals surface area (Å²) >= 11 is 0. The van der Waals surface area contributed by atoms with Crippen LogP contribution in [0.1, 0.15) is 32.3 Å². The number of carbonyl (C=O) groups is 1. The Bertz CT molecular complexity index is 830. The van der Waals surface area contributed by atoms with Crippen LogP contribution >= 0.6 is 0 Å². The topological polar surface area (TPSA) is 108 Å². The molecule has 158 valence electrons. The van der Waals surface area contributed by atoms with Crippen molar-refractivity contribution in [2.45, 2.75) is 33.3 Å². The molecule has 8 heteroatoms. The second kappa shape index (κ2) is 10.5. The zero-order chi connectivity index (χ0) is 21.3. The van der Waals surface area contributed by atoms with Crippen LogP contribution in [0.15, 0.2) is 45.8 Å². The Hall–Kier alpha value is -3.00. The Labute approximate surface area is 171 Å². The van der Waals surface area contributed by atoms with Gasteiger partial charge in [0.25, 0.3) is 0 Å². The first kappa shape index (κ1) is 22.3. The van der Waals surface area contributed by atoms with E-state index >= 15 is 0 Å². The first-order valence-electron chi connectivity index (χ1n) is 9.62. The SMILES string of the molecule is CCNC(=NCC(C)(O)c1ccc(C)o1)NCCOc1cccc(NC(C)=O)c1. The minimum atomic E-state index is -1.20. The number of hydrogen-bond acceptors (Lipinski definition) is 5. The summed E-state index contributed by atoms with van der Waals surface area (Å²) in [7, 11) is 0. The lowest BCUT2D eigenvalue weighted by Gasteiger charge is -2.19. The van der Waals surface area contributed by atoms with Gasteiger partial charge < -0.3 is 30.2 Å². The Morgan fingerprint density at radius 2 is 2.07 bits per heavy atom. The van der Waals surface area contributed by atoms with Crippen molar-refractivity contribution in [3.63, 3.8) is 0 Å². The number of ether oxygens (including phenoxy) is 1. The molecule has 1 aromatic carbocycles. The number of rotatable bonds is 9. The van der Waals surface area contributed by atoms with E-state index in [-0.39, 0.29) is 12.5 Å². The highest BCUT2D eigenvalue weighted by Crippen LogP contribution is 2.23. The third kappa shape index (κ3) is 7.50. The predicted molar refractivity (Wildman–Crippen MR) is 113 cm³/mol. The van der Waals surface area contributed by atoms with Gasteiger partial charge in [-0.15, -0.1) is 0 Å². The highest BCUT2D eigenvalue weighted by molar-refractivity contribution is 5.88. The van der Waals surface area contributed by atoms with Crippen molar-refractivity contribution in [1.82, 2.24) is 10.6 Å². The van der Waals surface area contributed by atoms with Crippen molar-refractivity contribution >= 4 is 17.6 Å². The minimum Gasteiger partial charge on any atom is -0.492 e. The molecule has 1 amide bonds. The summed E-state index contributed by atoms with van der Waals surface area (Å²) in [6.45, 7) is 8.69. The van der Waals surface area contributed by atoms with Crippen LogP contribution in [0.5, 0.6) is 5.75 Å². The van der Waals surface area contributed by atoms with Crippen LogP contribution < -0.4 is 20.7 Å². The molecule has 0 fully saturated rings. The number of amides is 1. The molecule has 1 aromatic heterocycles. The number of hydrogen-bond donors (Lipinski definition) is 4. The fourth-order valence-corrected chi connectivity index (χ4v) is 2.58. The third-order valence-corrected chi connectivity index (χ3v) is 3.98. The summed E-state index contributed by atoms with van der Waals surface area (Å²) in [5, 5.41) is 19.6. The third-order valence-electron chi connectivity index (χ3n) is 3.98. The van der Waals surface area contributed by atoms with E-state index in [2.05, 4.69) is 20.9 Å². The first-order chi connectivity index (χ1) is 13.8. The van der Waals surface area contributed by atoms with Gasteiger partial charge in [0.2, 0.25) is 5.91 Å². The lowest BCUT2D eigenvalue weighted by molar-refractivity contribution is -0.114. The molecule has 0 spiro atoms. The van der Waals surface area contributed by atoms with Gasteiger partial charge in [-0.05, 0) is 45.0 Å². The van der Waals surface area contributed by atoms with Gasteiger partial charge >= 0.3 is 0 Å². The summed E-state index contributed by atoms with van der Waals surface area (Å²) in [6.07, 6.45) is 0. The zero-order valence-electron chi connectivity index (χ0n) is 17.4. The summed E-state index contributed by atoms with van der Waals surface area (Å²) in [4.78, 5) is 15.6. The number of nitrogens with one attached hydrogen (secondary N) is 3. The van der Waals surface area contributed by atoms with Crippen LogP contribution in [0.4, 0.5) is 5.69 Å². The maximum Gasteiger partial charge on any atom is 0.221 e. The van der Waals surface area contributed by atoms with E-state index in [1.54, 1.807) is 25.1 Å². The van der Waals surface area contributed by atoms with Gasteiger partial charge in [-0.25, -0.2) is 4.99 Å². The van der Waals surface area contributed by atoms with Gasteiger partial charge in [0.05, 0.1) is 13.1 Å². The number of aliphatic hydroxyl groups is 1. The molecule has 0 saturated heterocycles. The molecule has 1 unspecified atom stereocenters. The number of benzene rings is 1. The number of nitrogens with zero attached hydrogens (tertiary/aromatic N) is 1. The van der Waals surface area contributed by atoms with Crippen molar-refractivity contribution in [3.8, 4) is 5.75 Å². The number of aliphatic imine (C=N–C) groups is 1. The number of anilines is 1. The first-order valence-corrected chi connectivity index (χ1v) is 9.62. The Morgan fingerprint density at radius 3 is 2.72 bits per heavy atom. The van der Waals surface area contributed by atoms with Crippen LogP contribution in [0.2, 0.25) is 0 Å². The predicted octanol–water partition coefficient (Wildman–Crippen LogP) is 2.39. The zero-order valence-corrected chi connectivity index (χ0v) is 17.4. The van der Waals surface area contributed by atoms with Gasteiger partial charge in [0, 0.05) is 25.2 Å². The fourth-order valence-electron chi connectivity index (χ4n) is 2.58. The molecular formula is C21H30N4O4. The average molecular weight is 402 g/mol. The average Bonchev–Trinajstić information content (AvgIpc) is 3.10. The minimum absolute atomic E-state index is 0.129. The smallest absolute Gasteiger partial charge is 0.221 e. The van der Waals surface area contributed by atoms with Crippen molar-refractivity contribution < 1.29 is 19.1 Å². The molecule has 4 N–H and O–H groups in total. The van der Waals surface area contributed by atoms with Crippen molar-refractivity contribution in [3.05, 3.63) is 47.9 Å². The molecule has 2 rings (SSSR count). The molecule has 8 nitrogen and oxygen atoms in total. The van der Waals surface area contributed by atoms with Crippen LogP contribution in [0.3, 0.4) is 0 Å². The van der Waals surface area contributed by atoms with E-state index in [0.717, 1.165) is 5.76 Å². The Kier molecular flexibility index (Phi) is 8.09. The summed E-state index contributed by atoms with van der Waals surface area (Å²) in [5.74, 6) is 2.34. The highest BCUT2D eigenvalue weighted by atomic mass is 16.5. The van der Waals surface area contributed by atoms with Crippen LogP contribution in [-0.4, -0.2) is 43.2 Å². The standard InChI is InChI=1S/C21H30N4O4/c1-5-22-20(24-14-21(4,27)19-10-9-15(2)29-19)23-11-12-28-18-8-6-7-17(13-18)25-16(3)26/h6-10,13,27H,5,11-12,14H2,1-4H3,(H,25,26)(H2,22,23,24). The molecule has 1 atom stereocenters. The van der Waals surface area contributed by atoms with Gasteiger partial charge in [-0.1, -0.05) is 6.07 Å². The molecule has 0 bridgehead atoms. The summed E-state index contributed by atoms with van der Waals surface area (Å²) < 4.78 is 11.2. The van der Waals surface area contributed by atoms with Crippen molar-refractivity contribution in [1.29, 1.82) is 0 Å². The Balaban J connectivity index is 1.86. The van der Waals surface area contributed by atoms with Crippen LogP contribution in [0, 0.1) is 6.92 Å². The number of furan rings is 1. The monoisotopic (exact) mass is 402 g/mol. The normalized spacial score (nSPS) is 13.5. The van der Waals surface area contributed by atoms with Crippen molar-refractivity contribution in [2.75, 3.05) is 31.6 Å². The molecule has 0 radical (unpaired) electrons. The second-order valence-corrected chi connectivity index (χ2v) is 6.86. The lowest BCUT2D eigenvalue weighted by Crippen LogP contribution is -2.40. The quantitative estimate of drug-likeness (QED) is 0.291. The molecule has 29 heavy (non-hydrogen) atoms. The highest BCUT2D eigenvalue weighted by Gasteiger charge is 2.26. The van der Waals surface area contributed by atoms with Crippen LogP contribution in [0.25, 0.3) is 0 Å². The van der Waals surface area contributed by atoms with Crippen LogP contribution in [-0.2, 0) is 10.4 Å². The maximum atomic E-state index is 11.1. The number of guanidine groups is 1. The van der Waals surface area contributed by atoms with Crippen molar-refractivity contribution in [2.24, 2.45) is 4.99 Å². The molecule has 2 aromatic rings. The molecule has 0 aliphatic carbocycles. The number of aryl methyl sites for hydroxylation is 1. The largest absolute Gasteiger partial charge is 0.492 e. The molecule has 1 heterocycles. The van der Waals surface area contributed by atoms with Gasteiger partial charge in [-0.2, -0.15) is 0 Å². The van der Waals surface area contributed by atoms with Gasteiger partial charge in [0.15, 0.2) is 5.96 Å². The summed E-state index contributed by atoms with van der Waals surface area (Å²) in [5.41, 5.74) is -0.509. The van der Waals surface area contributed by atoms with E-state index in [1.165, 1.54) is 6.92 Å². The molecule has 0 aliphatic rings.